The van der Waals surface area contributed by atoms with Crippen molar-refractivity contribution in [1.82, 2.24) is 5.32 Å². The number of halogens is 1. The average molecular weight is 330 g/mol. The second kappa shape index (κ2) is 6.56. The number of nitrogens with one attached hydrogen (secondary N) is 1. The highest BCUT2D eigenvalue weighted by Crippen LogP contribution is 2.22. The molecule has 3 N–H and O–H groups in total. The van der Waals surface area contributed by atoms with Crippen molar-refractivity contribution in [2.24, 2.45) is 5.92 Å². The van der Waals surface area contributed by atoms with Gasteiger partial charge in [-0.15, -0.1) is 0 Å². The van der Waals surface area contributed by atoms with E-state index in [1.807, 2.05) is 6.92 Å². The first-order valence-electron chi connectivity index (χ1n) is 5.89. The standard InChI is InChI=1S/C13H16BrNO4/c1-3-7(2)11(13(18)19)15-12(17)9-5-4-8(14)6-10(9)16/h4-7,11,16H,3H2,1-2H3,(H,15,17)(H,18,19)/t7-,11-/m0/s1. The van der Waals surface area contributed by atoms with Crippen LogP contribution in [0.1, 0.15) is 30.6 Å². The van der Waals surface area contributed by atoms with Gasteiger partial charge in [-0.2, -0.15) is 0 Å². The van der Waals surface area contributed by atoms with Crippen molar-refractivity contribution in [2.45, 2.75) is 26.3 Å². The summed E-state index contributed by atoms with van der Waals surface area (Å²) in [6.45, 7) is 3.60. The van der Waals surface area contributed by atoms with E-state index in [2.05, 4.69) is 21.2 Å². The van der Waals surface area contributed by atoms with Gasteiger partial charge in [0.15, 0.2) is 0 Å². The maximum atomic E-state index is 12.0. The van der Waals surface area contributed by atoms with Crippen molar-refractivity contribution in [3.05, 3.63) is 28.2 Å². The highest BCUT2D eigenvalue weighted by Gasteiger charge is 2.26. The smallest absolute Gasteiger partial charge is 0.326 e. The number of rotatable bonds is 5. The van der Waals surface area contributed by atoms with Crippen LogP contribution in [0.4, 0.5) is 0 Å². The molecule has 0 aromatic heterocycles. The number of benzene rings is 1. The van der Waals surface area contributed by atoms with Crippen molar-refractivity contribution < 1.29 is 19.8 Å². The molecule has 0 fully saturated rings. The molecule has 0 aliphatic heterocycles. The summed E-state index contributed by atoms with van der Waals surface area (Å²) in [6, 6.07) is 3.45. The highest BCUT2D eigenvalue weighted by atomic mass is 79.9. The van der Waals surface area contributed by atoms with Crippen LogP contribution >= 0.6 is 15.9 Å². The fourth-order valence-electron chi connectivity index (χ4n) is 1.60. The summed E-state index contributed by atoms with van der Waals surface area (Å²) in [5.41, 5.74) is 0.0535. The molecule has 104 valence electrons. The van der Waals surface area contributed by atoms with Crippen LogP contribution < -0.4 is 5.32 Å². The molecule has 0 bridgehead atoms. The summed E-state index contributed by atoms with van der Waals surface area (Å²) in [5.74, 6) is -2.07. The Morgan fingerprint density at radius 2 is 2.05 bits per heavy atom. The first kappa shape index (κ1) is 15.5. The number of carbonyl (C=O) groups excluding carboxylic acids is 1. The summed E-state index contributed by atoms with van der Waals surface area (Å²) in [5, 5.41) is 21.2. The molecule has 0 spiro atoms. The number of hydrogen-bond acceptors (Lipinski definition) is 3. The molecule has 5 nitrogen and oxygen atoms in total. The predicted molar refractivity (Wildman–Crippen MR) is 74.2 cm³/mol. The van der Waals surface area contributed by atoms with Crippen molar-refractivity contribution in [3.8, 4) is 5.75 Å². The minimum Gasteiger partial charge on any atom is -0.507 e. The van der Waals surface area contributed by atoms with E-state index >= 15 is 0 Å². The number of phenols is 1. The van der Waals surface area contributed by atoms with Crippen LogP contribution in [0, 0.1) is 5.92 Å². The summed E-state index contributed by atoms with van der Waals surface area (Å²) in [7, 11) is 0. The molecular weight excluding hydrogens is 314 g/mol. The Labute approximate surface area is 119 Å². The first-order valence-corrected chi connectivity index (χ1v) is 6.68. The van der Waals surface area contributed by atoms with E-state index in [4.69, 9.17) is 5.11 Å². The molecule has 6 heteroatoms. The molecule has 1 aromatic carbocycles. The quantitative estimate of drug-likeness (QED) is 0.774. The molecule has 2 atom stereocenters. The number of phenolic OH excluding ortho intramolecular Hbond substituents is 1. The second-order valence-corrected chi connectivity index (χ2v) is 5.25. The van der Waals surface area contributed by atoms with E-state index < -0.39 is 17.9 Å². The minimum atomic E-state index is -1.08. The van der Waals surface area contributed by atoms with E-state index in [9.17, 15) is 14.7 Å². The molecular formula is C13H16BrNO4. The van der Waals surface area contributed by atoms with Crippen LogP contribution in [-0.4, -0.2) is 28.1 Å². The zero-order valence-electron chi connectivity index (χ0n) is 10.7. The molecule has 1 aromatic rings. The number of carboxylic acid groups (broad SMARTS) is 1. The van der Waals surface area contributed by atoms with Gasteiger partial charge in [0, 0.05) is 4.47 Å². The molecule has 19 heavy (non-hydrogen) atoms. The Morgan fingerprint density at radius 1 is 1.42 bits per heavy atom. The van der Waals surface area contributed by atoms with E-state index in [0.717, 1.165) is 0 Å². The average Bonchev–Trinajstić information content (AvgIpc) is 2.34. The van der Waals surface area contributed by atoms with Gasteiger partial charge in [-0.3, -0.25) is 4.79 Å². The van der Waals surface area contributed by atoms with Gasteiger partial charge >= 0.3 is 5.97 Å². The van der Waals surface area contributed by atoms with Gasteiger partial charge in [-0.05, 0) is 24.1 Å². The second-order valence-electron chi connectivity index (χ2n) is 4.34. The summed E-state index contributed by atoms with van der Waals surface area (Å²) in [6.07, 6.45) is 0.629. The lowest BCUT2D eigenvalue weighted by molar-refractivity contribution is -0.140. The third-order valence-electron chi connectivity index (χ3n) is 2.97. The molecule has 0 heterocycles. The van der Waals surface area contributed by atoms with Gasteiger partial charge in [-0.1, -0.05) is 36.2 Å². The molecule has 0 radical (unpaired) electrons. The van der Waals surface area contributed by atoms with Crippen LogP contribution in [-0.2, 0) is 4.79 Å². The van der Waals surface area contributed by atoms with Crippen molar-refractivity contribution in [1.29, 1.82) is 0 Å². The van der Waals surface area contributed by atoms with E-state index in [1.165, 1.54) is 12.1 Å². The fraction of sp³-hybridized carbons (Fsp3) is 0.385. The molecule has 0 unspecified atom stereocenters. The maximum absolute atomic E-state index is 12.0. The number of amides is 1. The molecule has 0 aliphatic rings. The lowest BCUT2D eigenvalue weighted by Crippen LogP contribution is -2.45. The molecule has 0 aliphatic carbocycles. The topological polar surface area (TPSA) is 86.6 Å². The lowest BCUT2D eigenvalue weighted by Gasteiger charge is -2.20. The van der Waals surface area contributed by atoms with Crippen molar-refractivity contribution >= 4 is 27.8 Å². The number of carboxylic acids is 1. The Kier molecular flexibility index (Phi) is 5.35. The summed E-state index contributed by atoms with van der Waals surface area (Å²) >= 11 is 3.17. The Bertz CT molecular complexity index is 490. The fourth-order valence-corrected chi connectivity index (χ4v) is 1.95. The lowest BCUT2D eigenvalue weighted by atomic mass is 9.99. The number of hydrogen-bond donors (Lipinski definition) is 3. The zero-order valence-corrected chi connectivity index (χ0v) is 12.3. The Morgan fingerprint density at radius 3 is 2.53 bits per heavy atom. The maximum Gasteiger partial charge on any atom is 0.326 e. The minimum absolute atomic E-state index is 0.0535. The van der Waals surface area contributed by atoms with Crippen LogP contribution in [0.3, 0.4) is 0 Å². The van der Waals surface area contributed by atoms with E-state index in [1.54, 1.807) is 13.0 Å². The number of aliphatic carboxylic acids is 1. The third-order valence-corrected chi connectivity index (χ3v) is 3.46. The largest absolute Gasteiger partial charge is 0.507 e. The van der Waals surface area contributed by atoms with E-state index in [-0.39, 0.29) is 17.2 Å². The Hall–Kier alpha value is -1.56. The SMILES string of the molecule is CC[C@H](C)[C@H](NC(=O)c1ccc(Br)cc1O)C(=O)O. The summed E-state index contributed by atoms with van der Waals surface area (Å²) < 4.78 is 0.637. The van der Waals surface area contributed by atoms with Gasteiger partial charge in [0.25, 0.3) is 5.91 Å². The normalized spacial score (nSPS) is 13.6. The van der Waals surface area contributed by atoms with Gasteiger partial charge in [0.2, 0.25) is 0 Å². The van der Waals surface area contributed by atoms with Gasteiger partial charge in [0.1, 0.15) is 11.8 Å². The van der Waals surface area contributed by atoms with Gasteiger partial charge < -0.3 is 15.5 Å². The third kappa shape index (κ3) is 3.96. The first-order chi connectivity index (χ1) is 8.86. The number of carbonyl (C=O) groups is 2. The Balaban J connectivity index is 2.91. The monoisotopic (exact) mass is 329 g/mol. The van der Waals surface area contributed by atoms with Crippen LogP contribution in [0.2, 0.25) is 0 Å². The summed E-state index contributed by atoms with van der Waals surface area (Å²) in [4.78, 5) is 23.1. The van der Waals surface area contributed by atoms with Crippen LogP contribution in [0.15, 0.2) is 22.7 Å². The van der Waals surface area contributed by atoms with Gasteiger partial charge in [-0.25, -0.2) is 4.79 Å². The van der Waals surface area contributed by atoms with Crippen LogP contribution in [0.5, 0.6) is 5.75 Å². The van der Waals surface area contributed by atoms with Crippen molar-refractivity contribution in [3.63, 3.8) is 0 Å². The zero-order chi connectivity index (χ0) is 14.6. The van der Waals surface area contributed by atoms with Crippen molar-refractivity contribution in [2.75, 3.05) is 0 Å². The molecule has 0 saturated carbocycles. The highest BCUT2D eigenvalue weighted by molar-refractivity contribution is 9.10. The van der Waals surface area contributed by atoms with Gasteiger partial charge in [0.05, 0.1) is 5.56 Å². The number of aromatic hydroxyl groups is 1. The molecule has 1 amide bonds. The van der Waals surface area contributed by atoms with Crippen LogP contribution in [0.25, 0.3) is 0 Å². The molecule has 0 saturated heterocycles. The molecule has 1 rings (SSSR count). The predicted octanol–water partition coefficient (Wildman–Crippen LogP) is 2.38. The van der Waals surface area contributed by atoms with E-state index in [0.29, 0.717) is 10.9 Å².